The minimum atomic E-state index is -4.78. The predicted molar refractivity (Wildman–Crippen MR) is 154 cm³/mol. The summed E-state index contributed by atoms with van der Waals surface area (Å²) < 4.78 is 72.6. The monoisotopic (exact) mass is 602 g/mol. The van der Waals surface area contributed by atoms with Crippen molar-refractivity contribution in [2.45, 2.75) is 38.9 Å². The molecule has 228 valence electrons. The van der Waals surface area contributed by atoms with Gasteiger partial charge in [-0.1, -0.05) is 0 Å². The van der Waals surface area contributed by atoms with Gasteiger partial charge in [-0.15, -0.1) is 0 Å². The van der Waals surface area contributed by atoms with E-state index in [4.69, 9.17) is 4.74 Å². The first kappa shape index (κ1) is 31.4. The van der Waals surface area contributed by atoms with Gasteiger partial charge in [0.25, 0.3) is 6.43 Å². The summed E-state index contributed by atoms with van der Waals surface area (Å²) in [5, 5.41) is 3.66. The fourth-order valence-electron chi connectivity index (χ4n) is 4.50. The summed E-state index contributed by atoms with van der Waals surface area (Å²) in [6, 6.07) is 8.78. The molecule has 1 amide bonds. The van der Waals surface area contributed by atoms with Crippen molar-refractivity contribution >= 4 is 34.0 Å². The third-order valence-corrected chi connectivity index (χ3v) is 6.92. The summed E-state index contributed by atoms with van der Waals surface area (Å²) in [6.07, 6.45) is -6.16. The molecule has 0 aliphatic carbocycles. The van der Waals surface area contributed by atoms with Crippen LogP contribution < -0.4 is 15.0 Å². The van der Waals surface area contributed by atoms with E-state index in [0.717, 1.165) is 12.1 Å². The average Bonchev–Trinajstić information content (AvgIpc) is 2.95. The summed E-state index contributed by atoms with van der Waals surface area (Å²) in [5.41, 5.74) is 0.708. The van der Waals surface area contributed by atoms with Crippen molar-refractivity contribution in [3.63, 3.8) is 0 Å². The Morgan fingerprint density at radius 2 is 1.70 bits per heavy atom. The highest BCUT2D eigenvalue weighted by atomic mass is 19.4. The lowest BCUT2D eigenvalue weighted by atomic mass is 10.0. The first-order valence-electron chi connectivity index (χ1n) is 13.2. The second-order valence-electron chi connectivity index (χ2n) is 10.3. The number of likely N-dealkylation sites (N-methyl/N-ethyl adjacent to an activating group) is 1. The summed E-state index contributed by atoms with van der Waals surface area (Å²) in [5.74, 6) is 0.950. The molecule has 2 heterocycles. The van der Waals surface area contributed by atoms with E-state index in [2.05, 4.69) is 20.3 Å². The normalized spacial score (nSPS) is 12.4. The molecule has 1 atom stereocenters. The Kier molecular flexibility index (Phi) is 9.02. The number of nitrogens with zero attached hydrogens (tertiary/aromatic N) is 5. The molecule has 2 aromatic carbocycles. The standard InChI is InChI=1S/C30H31F5N6O2/c1-16(18-9-19(27(31)32)11-21(10-18)30(33,34)35)37-28-24-14-22(7-8-25(24)38-17(2)39-28)41(5)23-12-20(13-26(42)40(3)4)29(43-6)36-15-23/h7-12,14-16,27H,13H2,1-6H3,(H,37,38,39)/t16-/m1/s1. The van der Waals surface area contributed by atoms with Crippen LogP contribution in [-0.2, 0) is 17.4 Å². The Morgan fingerprint density at radius 1 is 1.00 bits per heavy atom. The zero-order valence-electron chi connectivity index (χ0n) is 24.4. The number of aromatic nitrogens is 3. The number of carbonyl (C=O) groups is 1. The molecular weight excluding hydrogens is 571 g/mol. The van der Waals surface area contributed by atoms with Crippen LogP contribution in [0.1, 0.15) is 47.5 Å². The second kappa shape index (κ2) is 12.4. The molecule has 0 fully saturated rings. The van der Waals surface area contributed by atoms with Crippen LogP contribution in [-0.4, -0.2) is 54.0 Å². The van der Waals surface area contributed by atoms with Gasteiger partial charge in [-0.25, -0.2) is 23.7 Å². The first-order valence-corrected chi connectivity index (χ1v) is 13.2. The van der Waals surface area contributed by atoms with Gasteiger partial charge in [0.2, 0.25) is 11.8 Å². The number of aryl methyl sites for hydroxylation is 1. The van der Waals surface area contributed by atoms with Gasteiger partial charge in [-0.05, 0) is 61.9 Å². The highest BCUT2D eigenvalue weighted by Crippen LogP contribution is 2.36. The number of halogens is 5. The quantitative estimate of drug-likeness (QED) is 0.209. The Morgan fingerprint density at radius 3 is 2.33 bits per heavy atom. The molecule has 0 unspecified atom stereocenters. The molecule has 4 rings (SSSR count). The highest BCUT2D eigenvalue weighted by molar-refractivity contribution is 5.92. The third kappa shape index (κ3) is 7.09. The van der Waals surface area contributed by atoms with Gasteiger partial charge in [0.15, 0.2) is 0 Å². The van der Waals surface area contributed by atoms with Crippen molar-refractivity contribution in [2.75, 3.05) is 38.5 Å². The van der Waals surface area contributed by atoms with E-state index in [1.165, 1.54) is 12.0 Å². The Bertz CT molecular complexity index is 1640. The molecule has 43 heavy (non-hydrogen) atoms. The van der Waals surface area contributed by atoms with Crippen LogP contribution in [0.15, 0.2) is 48.7 Å². The zero-order chi connectivity index (χ0) is 31.6. The van der Waals surface area contributed by atoms with Gasteiger partial charge >= 0.3 is 6.18 Å². The summed E-state index contributed by atoms with van der Waals surface area (Å²) >= 11 is 0. The summed E-state index contributed by atoms with van der Waals surface area (Å²) in [7, 11) is 6.61. The smallest absolute Gasteiger partial charge is 0.416 e. The van der Waals surface area contributed by atoms with Crippen molar-refractivity contribution in [3.8, 4) is 5.88 Å². The lowest BCUT2D eigenvalue weighted by Gasteiger charge is -2.23. The predicted octanol–water partition coefficient (Wildman–Crippen LogP) is 6.87. The molecule has 0 bridgehead atoms. The molecule has 0 saturated heterocycles. The van der Waals surface area contributed by atoms with Crippen molar-refractivity contribution in [1.82, 2.24) is 19.9 Å². The number of benzene rings is 2. The number of carbonyl (C=O) groups excluding carboxylic acids is 1. The fourth-order valence-corrected chi connectivity index (χ4v) is 4.50. The number of alkyl halides is 5. The van der Waals surface area contributed by atoms with Crippen LogP contribution in [0.2, 0.25) is 0 Å². The number of fused-ring (bicyclic) bond motifs is 1. The summed E-state index contributed by atoms with van der Waals surface area (Å²) in [4.78, 5) is 29.0. The lowest BCUT2D eigenvalue weighted by Crippen LogP contribution is -2.24. The number of hydrogen-bond donors (Lipinski definition) is 1. The molecule has 0 aliphatic rings. The number of nitrogens with one attached hydrogen (secondary N) is 1. The fraction of sp³-hybridized carbons (Fsp3) is 0.333. The minimum absolute atomic E-state index is 0.0342. The number of ether oxygens (including phenoxy) is 1. The van der Waals surface area contributed by atoms with Crippen LogP contribution in [0.3, 0.4) is 0 Å². The second-order valence-corrected chi connectivity index (χ2v) is 10.3. The Hall–Kier alpha value is -4.55. The third-order valence-electron chi connectivity index (χ3n) is 6.92. The number of methoxy groups -OCH3 is 1. The highest BCUT2D eigenvalue weighted by Gasteiger charge is 2.32. The largest absolute Gasteiger partial charge is 0.481 e. The van der Waals surface area contributed by atoms with Gasteiger partial charge in [0.1, 0.15) is 11.6 Å². The topological polar surface area (TPSA) is 83.5 Å². The molecular formula is C30H31F5N6O2. The van der Waals surface area contributed by atoms with E-state index in [1.54, 1.807) is 52.3 Å². The van der Waals surface area contributed by atoms with Gasteiger partial charge in [-0.2, -0.15) is 13.2 Å². The molecule has 8 nitrogen and oxygen atoms in total. The number of hydrogen-bond acceptors (Lipinski definition) is 7. The van der Waals surface area contributed by atoms with Crippen molar-refractivity contribution in [1.29, 1.82) is 0 Å². The minimum Gasteiger partial charge on any atom is -0.481 e. The Balaban J connectivity index is 1.71. The zero-order valence-corrected chi connectivity index (χ0v) is 24.4. The number of anilines is 3. The Labute approximate surface area is 245 Å². The summed E-state index contributed by atoms with van der Waals surface area (Å²) in [6.45, 7) is 3.25. The molecule has 0 spiro atoms. The lowest BCUT2D eigenvalue weighted by molar-refractivity contribution is -0.137. The van der Waals surface area contributed by atoms with Crippen LogP contribution in [0.4, 0.5) is 39.1 Å². The number of rotatable bonds is 9. The van der Waals surface area contributed by atoms with E-state index < -0.39 is 29.8 Å². The maximum atomic E-state index is 13.5. The van der Waals surface area contributed by atoms with E-state index >= 15 is 0 Å². The van der Waals surface area contributed by atoms with Crippen LogP contribution in [0.25, 0.3) is 10.9 Å². The van der Waals surface area contributed by atoms with Gasteiger partial charge in [-0.3, -0.25) is 4.79 Å². The van der Waals surface area contributed by atoms with Crippen LogP contribution >= 0.6 is 0 Å². The SMILES string of the molecule is COc1ncc(N(C)c2ccc3nc(C)nc(N[C@H](C)c4cc(C(F)F)cc(C(F)(F)F)c4)c3c2)cc1CC(=O)N(C)C. The van der Waals surface area contributed by atoms with Crippen LogP contribution in [0, 0.1) is 6.92 Å². The van der Waals surface area contributed by atoms with E-state index in [9.17, 15) is 26.7 Å². The van der Waals surface area contributed by atoms with Gasteiger partial charge in [0.05, 0.1) is 36.5 Å². The molecule has 1 N–H and O–H groups in total. The number of pyridine rings is 1. The van der Waals surface area contributed by atoms with Crippen molar-refractivity contribution in [3.05, 3.63) is 76.7 Å². The van der Waals surface area contributed by atoms with E-state index in [-0.39, 0.29) is 17.9 Å². The van der Waals surface area contributed by atoms with Crippen molar-refractivity contribution in [2.24, 2.45) is 0 Å². The molecule has 0 aliphatic heterocycles. The molecule has 4 aromatic rings. The van der Waals surface area contributed by atoms with Crippen LogP contribution in [0.5, 0.6) is 5.88 Å². The maximum absolute atomic E-state index is 13.5. The average molecular weight is 603 g/mol. The maximum Gasteiger partial charge on any atom is 0.416 e. The van der Waals surface area contributed by atoms with Gasteiger partial charge < -0.3 is 19.9 Å². The van der Waals surface area contributed by atoms with E-state index in [1.807, 2.05) is 18.0 Å². The van der Waals surface area contributed by atoms with Gasteiger partial charge in [0, 0.05) is 49.4 Å². The number of amides is 1. The first-order chi connectivity index (χ1) is 20.2. The molecule has 13 heteroatoms. The molecule has 2 aromatic heterocycles. The van der Waals surface area contributed by atoms with E-state index in [0.29, 0.717) is 51.4 Å². The molecule has 0 saturated carbocycles. The van der Waals surface area contributed by atoms with Crippen molar-refractivity contribution < 1.29 is 31.5 Å². The molecule has 0 radical (unpaired) electrons.